The zero-order chi connectivity index (χ0) is 14.8. The van der Waals surface area contributed by atoms with Gasteiger partial charge in [0.25, 0.3) is 0 Å². The second-order valence-electron chi connectivity index (χ2n) is 4.89. The first-order valence-corrected chi connectivity index (χ1v) is 7.66. The molecule has 0 atom stereocenters. The molecule has 6 nitrogen and oxygen atoms in total. The lowest BCUT2D eigenvalue weighted by Crippen LogP contribution is -2.34. The number of oxime groups is 1. The van der Waals surface area contributed by atoms with Crippen LogP contribution in [0, 0.1) is 0 Å². The van der Waals surface area contributed by atoms with Gasteiger partial charge in [-0.1, -0.05) is 21.1 Å². The monoisotopic (exact) mass is 349 g/mol. The van der Waals surface area contributed by atoms with Crippen molar-refractivity contribution in [2.24, 2.45) is 10.9 Å². The van der Waals surface area contributed by atoms with E-state index >= 15 is 0 Å². The number of hydrogen-bond donors (Lipinski definition) is 3. The van der Waals surface area contributed by atoms with E-state index in [1.807, 2.05) is 0 Å². The molecule has 0 saturated carbocycles. The maximum Gasteiger partial charge on any atom is 0.237 e. The molecule has 0 aliphatic heterocycles. The Morgan fingerprint density at radius 3 is 2.47 bits per heavy atom. The molecule has 0 heterocycles. The van der Waals surface area contributed by atoms with E-state index in [-0.39, 0.29) is 11.5 Å². The highest BCUT2D eigenvalue weighted by atomic mass is 79.9. The van der Waals surface area contributed by atoms with Crippen LogP contribution in [-0.2, 0) is 10.0 Å². The minimum Gasteiger partial charge on any atom is -0.409 e. The van der Waals surface area contributed by atoms with Crippen molar-refractivity contribution in [1.82, 2.24) is 0 Å². The summed E-state index contributed by atoms with van der Waals surface area (Å²) in [6, 6.07) is 4.77. The number of nitrogens with one attached hydrogen (secondary N) is 1. The van der Waals surface area contributed by atoms with Gasteiger partial charge in [-0.15, -0.1) is 0 Å². The van der Waals surface area contributed by atoms with Gasteiger partial charge in [0, 0.05) is 10.0 Å². The third-order valence-electron chi connectivity index (χ3n) is 2.42. The molecule has 0 spiro atoms. The first-order valence-electron chi connectivity index (χ1n) is 5.38. The first kappa shape index (κ1) is 15.8. The average molecular weight is 350 g/mol. The minimum atomic E-state index is -3.59. The summed E-state index contributed by atoms with van der Waals surface area (Å²) in [7, 11) is -3.59. The maximum atomic E-state index is 12.1. The Labute approximate surface area is 120 Å². The van der Waals surface area contributed by atoms with Gasteiger partial charge in [-0.25, -0.2) is 8.42 Å². The molecule has 19 heavy (non-hydrogen) atoms. The number of nitrogens with zero attached hydrogens (tertiary/aromatic N) is 1. The SMILES string of the molecule is CC(C)(C)S(=O)(=O)Nc1ccc(Br)cc1/C(N)=N/O. The summed E-state index contributed by atoms with van der Waals surface area (Å²) in [4.78, 5) is 0. The van der Waals surface area contributed by atoms with Gasteiger partial charge in [-0.2, -0.15) is 0 Å². The second-order valence-corrected chi connectivity index (χ2v) is 8.24. The van der Waals surface area contributed by atoms with Crippen LogP contribution in [-0.4, -0.2) is 24.2 Å². The van der Waals surface area contributed by atoms with Gasteiger partial charge in [0.15, 0.2) is 5.84 Å². The van der Waals surface area contributed by atoms with Crippen LogP contribution >= 0.6 is 15.9 Å². The van der Waals surface area contributed by atoms with Gasteiger partial charge < -0.3 is 10.9 Å². The van der Waals surface area contributed by atoms with Gasteiger partial charge in [0.1, 0.15) is 0 Å². The van der Waals surface area contributed by atoms with E-state index in [9.17, 15) is 8.42 Å². The van der Waals surface area contributed by atoms with Crippen molar-refractivity contribution in [3.8, 4) is 0 Å². The van der Waals surface area contributed by atoms with Crippen LogP contribution in [0.3, 0.4) is 0 Å². The van der Waals surface area contributed by atoms with Crippen LogP contribution in [0.25, 0.3) is 0 Å². The van der Waals surface area contributed by atoms with Gasteiger partial charge in [0.2, 0.25) is 10.0 Å². The molecule has 0 fully saturated rings. The largest absolute Gasteiger partial charge is 0.409 e. The first-order chi connectivity index (χ1) is 8.58. The second kappa shape index (κ2) is 5.38. The highest BCUT2D eigenvalue weighted by molar-refractivity contribution is 9.10. The van der Waals surface area contributed by atoms with Gasteiger partial charge in [-0.05, 0) is 39.0 Å². The smallest absolute Gasteiger partial charge is 0.237 e. The van der Waals surface area contributed by atoms with Crippen molar-refractivity contribution < 1.29 is 13.6 Å². The highest BCUT2D eigenvalue weighted by Gasteiger charge is 2.29. The molecule has 4 N–H and O–H groups in total. The normalized spacial score (nSPS) is 13.4. The van der Waals surface area contributed by atoms with Gasteiger partial charge in [-0.3, -0.25) is 4.72 Å². The highest BCUT2D eigenvalue weighted by Crippen LogP contribution is 2.25. The van der Waals surface area contributed by atoms with Crippen molar-refractivity contribution in [3.05, 3.63) is 28.2 Å². The molecule has 0 saturated heterocycles. The average Bonchev–Trinajstić information content (AvgIpc) is 2.28. The molecule has 0 unspecified atom stereocenters. The molecule has 0 amide bonds. The summed E-state index contributed by atoms with van der Waals surface area (Å²) >= 11 is 3.24. The summed E-state index contributed by atoms with van der Waals surface area (Å²) in [6.45, 7) is 4.74. The van der Waals surface area contributed by atoms with Crippen molar-refractivity contribution in [1.29, 1.82) is 0 Å². The number of amidine groups is 1. The summed E-state index contributed by atoms with van der Waals surface area (Å²) in [6.07, 6.45) is 0. The fourth-order valence-electron chi connectivity index (χ4n) is 1.17. The van der Waals surface area contributed by atoms with Crippen LogP contribution in [0.2, 0.25) is 0 Å². The molecule has 0 aliphatic carbocycles. The fourth-order valence-corrected chi connectivity index (χ4v) is 2.30. The van der Waals surface area contributed by atoms with E-state index in [2.05, 4.69) is 25.8 Å². The summed E-state index contributed by atoms with van der Waals surface area (Å²) in [5.41, 5.74) is 6.09. The third kappa shape index (κ3) is 3.60. The van der Waals surface area contributed by atoms with E-state index in [0.29, 0.717) is 10.0 Å². The summed E-state index contributed by atoms with van der Waals surface area (Å²) in [5, 5.41) is 11.6. The Kier molecular flexibility index (Phi) is 4.46. The van der Waals surface area contributed by atoms with Crippen LogP contribution in [0.5, 0.6) is 0 Å². The molecule has 1 rings (SSSR count). The van der Waals surface area contributed by atoms with E-state index in [1.165, 1.54) is 0 Å². The number of hydrogen-bond acceptors (Lipinski definition) is 4. The molecule has 0 radical (unpaired) electrons. The lowest BCUT2D eigenvalue weighted by Gasteiger charge is -2.21. The molecular weight excluding hydrogens is 334 g/mol. The Balaban J connectivity index is 3.31. The molecule has 106 valence electrons. The number of benzene rings is 1. The van der Waals surface area contributed by atoms with E-state index in [0.717, 1.165) is 0 Å². The van der Waals surface area contributed by atoms with Crippen LogP contribution in [0.1, 0.15) is 26.3 Å². The predicted octanol–water partition coefficient (Wildman–Crippen LogP) is 2.08. The molecule has 1 aromatic carbocycles. The van der Waals surface area contributed by atoms with Crippen LogP contribution < -0.4 is 10.5 Å². The van der Waals surface area contributed by atoms with Gasteiger partial charge >= 0.3 is 0 Å². The van der Waals surface area contributed by atoms with Crippen molar-refractivity contribution in [2.75, 3.05) is 4.72 Å². The summed E-state index contributed by atoms with van der Waals surface area (Å²) < 4.78 is 26.4. The molecule has 1 aromatic rings. The quantitative estimate of drug-likeness (QED) is 0.336. The van der Waals surface area contributed by atoms with E-state index in [4.69, 9.17) is 10.9 Å². The Bertz CT molecular complexity index is 606. The Morgan fingerprint density at radius 2 is 2.00 bits per heavy atom. The van der Waals surface area contributed by atoms with Gasteiger partial charge in [0.05, 0.1) is 10.4 Å². The Hall–Kier alpha value is -1.28. The zero-order valence-electron chi connectivity index (χ0n) is 10.8. The van der Waals surface area contributed by atoms with Crippen molar-refractivity contribution >= 4 is 37.5 Å². The number of rotatable bonds is 3. The molecule has 0 aromatic heterocycles. The molecule has 0 bridgehead atoms. The minimum absolute atomic E-state index is 0.173. The molecule has 8 heteroatoms. The van der Waals surface area contributed by atoms with Crippen molar-refractivity contribution in [3.63, 3.8) is 0 Å². The van der Waals surface area contributed by atoms with Crippen molar-refractivity contribution in [2.45, 2.75) is 25.5 Å². The number of anilines is 1. The Morgan fingerprint density at radius 1 is 1.42 bits per heavy atom. The lowest BCUT2D eigenvalue weighted by atomic mass is 10.2. The van der Waals surface area contributed by atoms with E-state index < -0.39 is 14.8 Å². The lowest BCUT2D eigenvalue weighted by molar-refractivity contribution is 0.318. The third-order valence-corrected chi connectivity index (χ3v) is 5.01. The maximum absolute atomic E-state index is 12.1. The predicted molar refractivity (Wildman–Crippen MR) is 78.9 cm³/mol. The summed E-state index contributed by atoms with van der Waals surface area (Å²) in [5.74, 6) is -0.173. The molecular formula is C11H16BrN3O3S. The topological polar surface area (TPSA) is 105 Å². The number of halogens is 1. The molecule has 0 aliphatic rings. The van der Waals surface area contributed by atoms with Crippen LogP contribution in [0.15, 0.2) is 27.8 Å². The van der Waals surface area contributed by atoms with Crippen LogP contribution in [0.4, 0.5) is 5.69 Å². The fraction of sp³-hybridized carbons (Fsp3) is 0.364. The number of nitrogens with two attached hydrogens (primary N) is 1. The number of sulfonamides is 1. The zero-order valence-corrected chi connectivity index (χ0v) is 13.2. The standard InChI is InChI=1S/C11H16BrN3O3S/c1-11(2,3)19(17,18)15-9-5-4-7(12)6-8(9)10(13)14-16/h4-6,15-16H,1-3H3,(H2,13,14). The van der Waals surface area contributed by atoms with E-state index in [1.54, 1.807) is 39.0 Å².